The van der Waals surface area contributed by atoms with Gasteiger partial charge in [-0.15, -0.1) is 5.10 Å². The van der Waals surface area contributed by atoms with E-state index in [1.807, 2.05) is 56.3 Å². The van der Waals surface area contributed by atoms with Crippen LogP contribution in [0.5, 0.6) is 5.88 Å². The van der Waals surface area contributed by atoms with Gasteiger partial charge in [0.1, 0.15) is 22.3 Å². The molecule has 1 atom stereocenters. The average Bonchev–Trinajstić information content (AvgIpc) is 3.47. The van der Waals surface area contributed by atoms with E-state index >= 15 is 0 Å². The fourth-order valence-electron chi connectivity index (χ4n) is 4.75. The maximum absolute atomic E-state index is 13.7. The van der Waals surface area contributed by atoms with Crippen molar-refractivity contribution in [2.75, 3.05) is 32.8 Å². The number of benzene rings is 2. The highest BCUT2D eigenvalue weighted by Gasteiger charge is 2.39. The summed E-state index contributed by atoms with van der Waals surface area (Å²) in [5, 5.41) is 11.1. The van der Waals surface area contributed by atoms with Crippen LogP contribution in [0.1, 0.15) is 50.5 Å². The molecule has 1 fully saturated rings. The molecule has 0 saturated carbocycles. The Bertz CT molecular complexity index is 1620. The summed E-state index contributed by atoms with van der Waals surface area (Å²) in [6, 6.07) is 17.9. The number of aromatic nitrogens is 5. The predicted molar refractivity (Wildman–Crippen MR) is 162 cm³/mol. The first-order valence-electron chi connectivity index (χ1n) is 14.8. The van der Waals surface area contributed by atoms with Gasteiger partial charge in [0.15, 0.2) is 5.82 Å². The van der Waals surface area contributed by atoms with Crippen LogP contribution in [-0.2, 0) is 9.53 Å². The molecule has 0 bridgehead atoms. The van der Waals surface area contributed by atoms with Crippen LogP contribution in [0.4, 0.5) is 4.79 Å². The number of nitrogens with one attached hydrogen (secondary N) is 1. The monoisotopic (exact) mass is 600 g/mol. The van der Waals surface area contributed by atoms with Gasteiger partial charge in [0.2, 0.25) is 5.91 Å². The highest BCUT2D eigenvalue weighted by molar-refractivity contribution is 5.98. The van der Waals surface area contributed by atoms with Crippen molar-refractivity contribution in [1.29, 1.82) is 0 Å². The predicted octanol–water partition coefficient (Wildman–Crippen LogP) is 3.71. The van der Waals surface area contributed by atoms with Crippen molar-refractivity contribution in [1.82, 2.24) is 40.2 Å². The number of piperazine rings is 1. The number of hydrogen-bond donors (Lipinski definition) is 1. The molecule has 1 saturated heterocycles. The van der Waals surface area contributed by atoms with E-state index in [1.165, 1.54) is 10.9 Å². The Balaban J connectivity index is 1.34. The van der Waals surface area contributed by atoms with Crippen LogP contribution in [0.15, 0.2) is 60.7 Å². The van der Waals surface area contributed by atoms with Crippen LogP contribution in [0.25, 0.3) is 22.4 Å². The van der Waals surface area contributed by atoms with Gasteiger partial charge in [-0.2, -0.15) is 4.98 Å². The minimum atomic E-state index is -1.22. The summed E-state index contributed by atoms with van der Waals surface area (Å²) in [4.78, 5) is 59.2. The molecule has 44 heavy (non-hydrogen) atoms. The Morgan fingerprint density at radius 2 is 1.64 bits per heavy atom. The number of para-hydroxylation sites is 1. The van der Waals surface area contributed by atoms with Gasteiger partial charge in [0.05, 0.1) is 6.61 Å². The average molecular weight is 601 g/mol. The molecule has 0 unspecified atom stereocenters. The third-order valence-corrected chi connectivity index (χ3v) is 7.59. The van der Waals surface area contributed by atoms with Crippen molar-refractivity contribution in [2.24, 2.45) is 0 Å². The number of ether oxygens (including phenoxy) is 1. The zero-order valence-corrected chi connectivity index (χ0v) is 25.1. The maximum Gasteiger partial charge on any atom is 0.409 e. The molecular formula is C31H36N8O5. The lowest BCUT2D eigenvalue weighted by molar-refractivity contribution is -0.139. The zero-order valence-electron chi connectivity index (χ0n) is 25.1. The lowest BCUT2D eigenvalue weighted by atomic mass is 9.96. The van der Waals surface area contributed by atoms with E-state index in [1.54, 1.807) is 28.9 Å². The molecule has 13 heteroatoms. The van der Waals surface area contributed by atoms with E-state index in [4.69, 9.17) is 9.57 Å². The second-order valence-electron chi connectivity index (χ2n) is 10.7. The van der Waals surface area contributed by atoms with Gasteiger partial charge in [-0.25, -0.2) is 9.78 Å². The number of carbonyl (C=O) groups excluding carboxylic acids is 3. The van der Waals surface area contributed by atoms with E-state index in [2.05, 4.69) is 25.6 Å². The fourth-order valence-corrected chi connectivity index (χ4v) is 4.75. The smallest absolute Gasteiger partial charge is 0.409 e. The highest BCUT2D eigenvalue weighted by Crippen LogP contribution is 2.22. The first kappa shape index (κ1) is 30.4. The number of amides is 3. The molecule has 230 valence electrons. The third-order valence-electron chi connectivity index (χ3n) is 7.59. The SMILES string of the molecule is CCCCOC(=O)N1CCN(C(=O)[C@](C)(CC)NC(=O)c2cc(On3nnc4ccccc43)nc(-c3ccccc3)n2)CC1. The van der Waals surface area contributed by atoms with Crippen molar-refractivity contribution in [2.45, 2.75) is 45.6 Å². The topological polar surface area (TPSA) is 145 Å². The summed E-state index contributed by atoms with van der Waals surface area (Å²) in [5.74, 6) is -0.459. The Labute approximate surface area is 255 Å². The van der Waals surface area contributed by atoms with Gasteiger partial charge in [0.25, 0.3) is 11.8 Å². The van der Waals surface area contributed by atoms with Gasteiger partial charge >= 0.3 is 6.09 Å². The molecular weight excluding hydrogens is 564 g/mol. The Hall–Kier alpha value is -5.07. The molecule has 13 nitrogen and oxygen atoms in total. The van der Waals surface area contributed by atoms with Crippen molar-refractivity contribution >= 4 is 28.9 Å². The summed E-state index contributed by atoms with van der Waals surface area (Å²) in [7, 11) is 0. The standard InChI is InChI=1S/C31H36N8O5/c1-4-6-20-43-30(42)38-18-16-37(17-19-38)29(41)31(3,5-2)34-28(40)24-21-26(33-27(32-24)22-12-8-7-9-13-22)44-39-25-15-11-10-14-23(25)35-36-39/h7-15,21H,4-6,16-20H2,1-3H3,(H,34,40)/t31-/m0/s1. The fraction of sp³-hybridized carbons (Fsp3) is 0.387. The van der Waals surface area contributed by atoms with Crippen LogP contribution in [-0.4, -0.2) is 91.2 Å². The molecule has 0 aliphatic carbocycles. The van der Waals surface area contributed by atoms with Crippen LogP contribution < -0.4 is 10.2 Å². The van der Waals surface area contributed by atoms with Crippen molar-refractivity contribution in [3.05, 3.63) is 66.4 Å². The van der Waals surface area contributed by atoms with Crippen molar-refractivity contribution < 1.29 is 24.0 Å². The van der Waals surface area contributed by atoms with Crippen LogP contribution in [0, 0.1) is 0 Å². The van der Waals surface area contributed by atoms with Crippen molar-refractivity contribution in [3.8, 4) is 17.3 Å². The summed E-state index contributed by atoms with van der Waals surface area (Å²) in [6.45, 7) is 7.32. The van der Waals surface area contributed by atoms with Crippen LogP contribution in [0.2, 0.25) is 0 Å². The van der Waals surface area contributed by atoms with Gasteiger partial charge in [0, 0.05) is 37.8 Å². The van der Waals surface area contributed by atoms with Gasteiger partial charge in [-0.05, 0) is 37.1 Å². The maximum atomic E-state index is 13.7. The van der Waals surface area contributed by atoms with Crippen LogP contribution >= 0.6 is 0 Å². The first-order valence-corrected chi connectivity index (χ1v) is 14.8. The Kier molecular flexibility index (Phi) is 9.32. The number of nitrogens with zero attached hydrogens (tertiary/aromatic N) is 7. The number of fused-ring (bicyclic) bond motifs is 1. The summed E-state index contributed by atoms with van der Waals surface area (Å²) >= 11 is 0. The minimum Gasteiger partial charge on any atom is -0.449 e. The number of rotatable bonds is 10. The van der Waals surface area contributed by atoms with Gasteiger partial charge < -0.3 is 24.7 Å². The Morgan fingerprint density at radius 1 is 0.932 bits per heavy atom. The third kappa shape index (κ3) is 6.77. The number of carbonyl (C=O) groups is 3. The molecule has 1 N–H and O–H groups in total. The lowest BCUT2D eigenvalue weighted by Crippen LogP contribution is -2.61. The highest BCUT2D eigenvalue weighted by atomic mass is 16.7. The van der Waals surface area contributed by atoms with Gasteiger partial charge in [-0.1, -0.05) is 67.6 Å². The first-order chi connectivity index (χ1) is 21.3. The molecule has 4 aromatic rings. The second-order valence-corrected chi connectivity index (χ2v) is 10.7. The molecule has 0 radical (unpaired) electrons. The molecule has 5 rings (SSSR count). The minimum absolute atomic E-state index is 0.0189. The lowest BCUT2D eigenvalue weighted by Gasteiger charge is -2.39. The zero-order chi connectivity index (χ0) is 31.1. The number of unbranched alkanes of at least 4 members (excludes halogenated alkanes) is 1. The largest absolute Gasteiger partial charge is 0.449 e. The van der Waals surface area contributed by atoms with Gasteiger partial charge in [-0.3, -0.25) is 9.59 Å². The molecule has 0 spiro atoms. The van der Waals surface area contributed by atoms with E-state index in [0.29, 0.717) is 55.8 Å². The molecule has 2 aromatic heterocycles. The second kappa shape index (κ2) is 13.5. The van der Waals surface area contributed by atoms with E-state index in [-0.39, 0.29) is 29.4 Å². The molecule has 2 aromatic carbocycles. The van der Waals surface area contributed by atoms with E-state index in [9.17, 15) is 14.4 Å². The summed E-state index contributed by atoms with van der Waals surface area (Å²) < 4.78 is 5.31. The molecule has 3 heterocycles. The van der Waals surface area contributed by atoms with Crippen molar-refractivity contribution in [3.63, 3.8) is 0 Å². The quantitative estimate of drug-likeness (QED) is 0.269. The summed E-state index contributed by atoms with van der Waals surface area (Å²) in [6.07, 6.45) is 1.71. The van der Waals surface area contributed by atoms with E-state index < -0.39 is 11.4 Å². The van der Waals surface area contributed by atoms with E-state index in [0.717, 1.165) is 12.8 Å². The molecule has 1 aliphatic rings. The Morgan fingerprint density at radius 3 is 2.36 bits per heavy atom. The molecule has 1 aliphatic heterocycles. The normalized spacial score (nSPS) is 14.6. The number of hydrogen-bond acceptors (Lipinski definition) is 9. The van der Waals surface area contributed by atoms with Crippen LogP contribution in [0.3, 0.4) is 0 Å². The summed E-state index contributed by atoms with van der Waals surface area (Å²) in [5.41, 5.74) is 0.731. The molecule has 3 amide bonds.